The summed E-state index contributed by atoms with van der Waals surface area (Å²) in [6, 6.07) is 7.24. The lowest BCUT2D eigenvalue weighted by Gasteiger charge is -2.16. The van der Waals surface area contributed by atoms with E-state index in [1.54, 1.807) is 6.92 Å². The number of aliphatic carboxylic acids is 1. The highest BCUT2D eigenvalue weighted by Gasteiger charge is 2.13. The van der Waals surface area contributed by atoms with Gasteiger partial charge in [0.25, 0.3) is 5.91 Å². The fraction of sp³-hybridized carbons (Fsp3) is 0.500. The molecule has 0 aliphatic carbocycles. The fourth-order valence-electron chi connectivity index (χ4n) is 2.01. The van der Waals surface area contributed by atoms with E-state index in [-0.39, 0.29) is 18.9 Å². The van der Waals surface area contributed by atoms with Crippen molar-refractivity contribution in [3.05, 3.63) is 29.8 Å². The van der Waals surface area contributed by atoms with Gasteiger partial charge in [0.15, 0.2) is 6.61 Å². The number of carboxylic acid groups (broad SMARTS) is 1. The number of amides is 1. The lowest BCUT2D eigenvalue weighted by molar-refractivity contribution is -0.137. The molecule has 116 valence electrons. The first-order valence-electron chi connectivity index (χ1n) is 7.16. The standard InChI is InChI=1S/C16H23NO4/c1-4-11(2)13-7-5-6-8-14(13)21-10-15(18)17-12(3)9-16(19)20/h5-8,11-12H,4,9-10H2,1-3H3,(H,17,18)(H,19,20). The predicted molar refractivity (Wildman–Crippen MR) is 80.5 cm³/mol. The topological polar surface area (TPSA) is 75.6 Å². The number of para-hydroxylation sites is 1. The highest BCUT2D eigenvalue weighted by molar-refractivity contribution is 5.78. The number of benzene rings is 1. The van der Waals surface area contributed by atoms with Gasteiger partial charge in [0.2, 0.25) is 0 Å². The molecule has 0 aliphatic heterocycles. The average Bonchev–Trinajstić information content (AvgIpc) is 2.43. The number of ether oxygens (including phenoxy) is 1. The number of hydrogen-bond donors (Lipinski definition) is 2. The van der Waals surface area contributed by atoms with Crippen LogP contribution in [-0.4, -0.2) is 29.6 Å². The molecule has 2 N–H and O–H groups in total. The molecule has 1 rings (SSSR count). The molecule has 0 spiro atoms. The zero-order valence-electron chi connectivity index (χ0n) is 12.8. The first-order valence-corrected chi connectivity index (χ1v) is 7.16. The third kappa shape index (κ3) is 5.85. The van der Waals surface area contributed by atoms with Crippen molar-refractivity contribution >= 4 is 11.9 Å². The Morgan fingerprint density at radius 2 is 1.95 bits per heavy atom. The van der Waals surface area contributed by atoms with Crippen molar-refractivity contribution in [2.75, 3.05) is 6.61 Å². The van der Waals surface area contributed by atoms with Crippen molar-refractivity contribution in [3.63, 3.8) is 0 Å². The van der Waals surface area contributed by atoms with Crippen molar-refractivity contribution in [3.8, 4) is 5.75 Å². The first kappa shape index (κ1) is 17.0. The summed E-state index contributed by atoms with van der Waals surface area (Å²) in [5.74, 6) is -0.198. The Kier molecular flexibility index (Phi) is 6.72. The van der Waals surface area contributed by atoms with E-state index >= 15 is 0 Å². The molecule has 0 saturated heterocycles. The largest absolute Gasteiger partial charge is 0.483 e. The molecule has 5 heteroatoms. The molecule has 0 saturated carbocycles. The maximum absolute atomic E-state index is 11.7. The molecule has 0 bridgehead atoms. The summed E-state index contributed by atoms with van der Waals surface area (Å²) in [4.78, 5) is 22.3. The second-order valence-electron chi connectivity index (χ2n) is 5.20. The van der Waals surface area contributed by atoms with Gasteiger partial charge in [-0.3, -0.25) is 9.59 Å². The van der Waals surface area contributed by atoms with E-state index in [9.17, 15) is 9.59 Å². The average molecular weight is 293 g/mol. The molecule has 0 heterocycles. The van der Waals surface area contributed by atoms with Gasteiger partial charge in [-0.2, -0.15) is 0 Å². The van der Waals surface area contributed by atoms with Crippen LogP contribution in [0.2, 0.25) is 0 Å². The highest BCUT2D eigenvalue weighted by atomic mass is 16.5. The Bertz CT molecular complexity index is 487. The van der Waals surface area contributed by atoms with Crippen molar-refractivity contribution < 1.29 is 19.4 Å². The number of rotatable bonds is 8. The van der Waals surface area contributed by atoms with Crippen LogP contribution in [0, 0.1) is 0 Å². The smallest absolute Gasteiger partial charge is 0.305 e. The third-order valence-electron chi connectivity index (χ3n) is 3.31. The Morgan fingerprint density at radius 1 is 1.29 bits per heavy atom. The summed E-state index contributed by atoms with van der Waals surface area (Å²) >= 11 is 0. The Balaban J connectivity index is 2.55. The summed E-state index contributed by atoms with van der Waals surface area (Å²) in [6.45, 7) is 5.75. The SMILES string of the molecule is CCC(C)c1ccccc1OCC(=O)NC(C)CC(=O)O. The first-order chi connectivity index (χ1) is 9.93. The molecule has 0 radical (unpaired) electrons. The zero-order chi connectivity index (χ0) is 15.8. The summed E-state index contributed by atoms with van der Waals surface area (Å²) in [5.41, 5.74) is 1.08. The minimum Gasteiger partial charge on any atom is -0.483 e. The van der Waals surface area contributed by atoms with Crippen molar-refractivity contribution in [1.82, 2.24) is 5.32 Å². The van der Waals surface area contributed by atoms with Gasteiger partial charge in [-0.15, -0.1) is 0 Å². The quantitative estimate of drug-likeness (QED) is 0.772. The van der Waals surface area contributed by atoms with Crippen LogP contribution in [0.15, 0.2) is 24.3 Å². The van der Waals surface area contributed by atoms with Crippen molar-refractivity contribution in [2.24, 2.45) is 0 Å². The third-order valence-corrected chi connectivity index (χ3v) is 3.31. The Morgan fingerprint density at radius 3 is 2.57 bits per heavy atom. The number of nitrogens with one attached hydrogen (secondary N) is 1. The van der Waals surface area contributed by atoms with Crippen LogP contribution in [0.1, 0.15) is 45.1 Å². The molecular formula is C16H23NO4. The van der Waals surface area contributed by atoms with Gasteiger partial charge in [-0.1, -0.05) is 32.0 Å². The monoisotopic (exact) mass is 293 g/mol. The summed E-state index contributed by atoms with van der Waals surface area (Å²) in [6.07, 6.45) is 0.886. The van der Waals surface area contributed by atoms with Crippen LogP contribution in [0.5, 0.6) is 5.75 Å². The summed E-state index contributed by atoms with van der Waals surface area (Å²) in [5, 5.41) is 11.2. The van der Waals surface area contributed by atoms with Gasteiger partial charge >= 0.3 is 5.97 Å². The van der Waals surface area contributed by atoms with Crippen LogP contribution in [0.3, 0.4) is 0 Å². The van der Waals surface area contributed by atoms with E-state index in [0.717, 1.165) is 12.0 Å². The lowest BCUT2D eigenvalue weighted by Crippen LogP contribution is -2.37. The van der Waals surface area contributed by atoms with Crippen molar-refractivity contribution in [2.45, 2.75) is 45.6 Å². The van der Waals surface area contributed by atoms with Crippen LogP contribution < -0.4 is 10.1 Å². The molecule has 2 atom stereocenters. The maximum atomic E-state index is 11.7. The second kappa shape index (κ2) is 8.29. The van der Waals surface area contributed by atoms with E-state index < -0.39 is 12.0 Å². The lowest BCUT2D eigenvalue weighted by atomic mass is 9.98. The van der Waals surface area contributed by atoms with Gasteiger partial charge in [-0.05, 0) is 30.9 Å². The van der Waals surface area contributed by atoms with Crippen molar-refractivity contribution in [1.29, 1.82) is 0 Å². The Hall–Kier alpha value is -2.04. The zero-order valence-corrected chi connectivity index (χ0v) is 12.8. The van der Waals surface area contributed by atoms with Gasteiger partial charge < -0.3 is 15.2 Å². The van der Waals surface area contributed by atoms with Gasteiger partial charge in [0, 0.05) is 6.04 Å². The van der Waals surface area contributed by atoms with Crippen LogP contribution >= 0.6 is 0 Å². The summed E-state index contributed by atoms with van der Waals surface area (Å²) in [7, 11) is 0. The number of carboxylic acids is 1. The van der Waals surface area contributed by atoms with Crippen LogP contribution in [-0.2, 0) is 9.59 Å². The van der Waals surface area contributed by atoms with Gasteiger partial charge in [0.1, 0.15) is 5.75 Å². The Labute approximate surface area is 125 Å². The molecule has 2 unspecified atom stereocenters. The molecule has 1 amide bonds. The molecular weight excluding hydrogens is 270 g/mol. The van der Waals surface area contributed by atoms with Crippen LogP contribution in [0.4, 0.5) is 0 Å². The highest BCUT2D eigenvalue weighted by Crippen LogP contribution is 2.28. The fourth-order valence-corrected chi connectivity index (χ4v) is 2.01. The number of carbonyl (C=O) groups is 2. The van der Waals surface area contributed by atoms with E-state index in [1.165, 1.54) is 0 Å². The number of carbonyl (C=O) groups excluding carboxylic acids is 1. The van der Waals surface area contributed by atoms with E-state index in [4.69, 9.17) is 9.84 Å². The van der Waals surface area contributed by atoms with E-state index in [2.05, 4.69) is 19.2 Å². The normalized spacial score (nSPS) is 13.3. The second-order valence-corrected chi connectivity index (χ2v) is 5.20. The minimum atomic E-state index is -0.939. The molecule has 5 nitrogen and oxygen atoms in total. The molecule has 0 aliphatic rings. The molecule has 0 aromatic heterocycles. The van der Waals surface area contributed by atoms with E-state index in [1.807, 2.05) is 24.3 Å². The molecule has 0 fully saturated rings. The van der Waals surface area contributed by atoms with E-state index in [0.29, 0.717) is 11.7 Å². The molecule has 21 heavy (non-hydrogen) atoms. The maximum Gasteiger partial charge on any atom is 0.305 e. The van der Waals surface area contributed by atoms with Gasteiger partial charge in [0.05, 0.1) is 6.42 Å². The van der Waals surface area contributed by atoms with Gasteiger partial charge in [-0.25, -0.2) is 0 Å². The number of hydrogen-bond acceptors (Lipinski definition) is 3. The van der Waals surface area contributed by atoms with Crippen LogP contribution in [0.25, 0.3) is 0 Å². The summed E-state index contributed by atoms with van der Waals surface area (Å²) < 4.78 is 5.57. The predicted octanol–water partition coefficient (Wildman–Crippen LogP) is 2.56. The molecule has 1 aromatic rings. The molecule has 1 aromatic carbocycles. The minimum absolute atomic E-state index is 0.102.